The summed E-state index contributed by atoms with van der Waals surface area (Å²) in [6.45, 7) is 2.52. The molecule has 4 nitrogen and oxygen atoms in total. The van der Waals surface area contributed by atoms with Crippen LogP contribution in [0.1, 0.15) is 16.7 Å². The molecule has 0 heterocycles. The van der Waals surface area contributed by atoms with Crippen molar-refractivity contribution in [1.82, 2.24) is 5.43 Å². The molecule has 0 saturated heterocycles. The van der Waals surface area contributed by atoms with E-state index in [1.807, 2.05) is 24.3 Å². The predicted molar refractivity (Wildman–Crippen MR) is 94.5 cm³/mol. The number of nitrogens with two attached hydrogens (primary N) is 1. The second-order valence-electron chi connectivity index (χ2n) is 4.63. The Morgan fingerprint density at radius 2 is 2.14 bits per heavy atom. The second kappa shape index (κ2) is 7.77. The van der Waals surface area contributed by atoms with E-state index in [1.54, 1.807) is 18.3 Å². The molecule has 6 heteroatoms. The number of benzene rings is 2. The Balaban J connectivity index is 2.14. The smallest absolute Gasteiger partial charge is 0.184 e. The van der Waals surface area contributed by atoms with E-state index in [2.05, 4.69) is 23.5 Å². The van der Waals surface area contributed by atoms with Gasteiger partial charge in [-0.15, -0.1) is 0 Å². The molecule has 0 aliphatic carbocycles. The van der Waals surface area contributed by atoms with Gasteiger partial charge in [-0.25, -0.2) is 0 Å². The average molecular weight is 334 g/mol. The first-order chi connectivity index (χ1) is 10.6. The molecule has 2 aromatic rings. The molecule has 114 valence electrons. The fourth-order valence-corrected chi connectivity index (χ4v) is 2.08. The standard InChI is InChI=1S/C16H16ClN3OS/c1-11-4-2-3-5-12(11)10-21-15-7-6-14(17)8-13(15)9-19-20-16(18)22/h2-9H,10H2,1H3,(H3,18,20,22). The highest BCUT2D eigenvalue weighted by molar-refractivity contribution is 7.80. The van der Waals surface area contributed by atoms with Crippen molar-refractivity contribution in [2.45, 2.75) is 13.5 Å². The molecule has 0 aliphatic heterocycles. The molecule has 22 heavy (non-hydrogen) atoms. The highest BCUT2D eigenvalue weighted by Gasteiger charge is 2.05. The van der Waals surface area contributed by atoms with E-state index in [4.69, 9.17) is 34.3 Å². The van der Waals surface area contributed by atoms with Crippen LogP contribution in [0.2, 0.25) is 5.02 Å². The van der Waals surface area contributed by atoms with E-state index in [0.29, 0.717) is 17.4 Å². The van der Waals surface area contributed by atoms with Gasteiger partial charge in [0.2, 0.25) is 0 Å². The number of halogens is 1. The van der Waals surface area contributed by atoms with Gasteiger partial charge in [-0.3, -0.25) is 5.43 Å². The number of hydrazone groups is 1. The Labute approximate surface area is 139 Å². The number of nitrogens with zero attached hydrogens (tertiary/aromatic N) is 1. The molecule has 0 unspecified atom stereocenters. The Kier molecular flexibility index (Phi) is 5.75. The van der Waals surface area contributed by atoms with Crippen molar-refractivity contribution in [1.29, 1.82) is 0 Å². The Hall–Kier alpha value is -2.11. The number of hydrogen-bond acceptors (Lipinski definition) is 3. The monoisotopic (exact) mass is 333 g/mol. The fourth-order valence-electron chi connectivity index (χ4n) is 1.84. The lowest BCUT2D eigenvalue weighted by atomic mass is 10.1. The van der Waals surface area contributed by atoms with Crippen molar-refractivity contribution in [3.8, 4) is 5.75 Å². The Morgan fingerprint density at radius 1 is 1.36 bits per heavy atom. The summed E-state index contributed by atoms with van der Waals surface area (Å²) in [6, 6.07) is 13.4. The highest BCUT2D eigenvalue weighted by Crippen LogP contribution is 2.23. The highest BCUT2D eigenvalue weighted by atomic mass is 35.5. The minimum atomic E-state index is 0.0978. The summed E-state index contributed by atoms with van der Waals surface area (Å²) in [4.78, 5) is 0. The molecule has 0 fully saturated rings. The first kappa shape index (κ1) is 16.3. The molecule has 3 N–H and O–H groups in total. The van der Waals surface area contributed by atoms with E-state index in [9.17, 15) is 0 Å². The summed E-state index contributed by atoms with van der Waals surface area (Å²) in [6.07, 6.45) is 1.57. The lowest BCUT2D eigenvalue weighted by Crippen LogP contribution is -2.24. The Bertz CT molecular complexity index is 704. The zero-order valence-corrected chi connectivity index (χ0v) is 13.6. The normalized spacial score (nSPS) is 10.6. The van der Waals surface area contributed by atoms with Crippen LogP contribution < -0.4 is 15.9 Å². The number of ether oxygens (including phenoxy) is 1. The molecular formula is C16H16ClN3OS. The van der Waals surface area contributed by atoms with Gasteiger partial charge in [0.05, 0.1) is 6.21 Å². The fraction of sp³-hybridized carbons (Fsp3) is 0.125. The number of nitrogens with one attached hydrogen (secondary N) is 1. The maximum Gasteiger partial charge on any atom is 0.184 e. The van der Waals surface area contributed by atoms with Crippen LogP contribution in [0.5, 0.6) is 5.75 Å². The van der Waals surface area contributed by atoms with E-state index in [-0.39, 0.29) is 5.11 Å². The predicted octanol–water partition coefficient (Wildman–Crippen LogP) is 3.39. The number of rotatable bonds is 5. The minimum Gasteiger partial charge on any atom is -0.488 e. The summed E-state index contributed by atoms with van der Waals surface area (Å²) in [5, 5.41) is 4.63. The quantitative estimate of drug-likeness (QED) is 0.500. The third kappa shape index (κ3) is 4.72. The maximum absolute atomic E-state index is 6.01. The van der Waals surface area contributed by atoms with Crippen molar-refractivity contribution < 1.29 is 4.74 Å². The molecule has 0 saturated carbocycles. The number of aryl methyl sites for hydroxylation is 1. The molecule has 0 bridgehead atoms. The number of hydrogen-bond donors (Lipinski definition) is 2. The molecule has 0 aromatic heterocycles. The van der Waals surface area contributed by atoms with Crippen molar-refractivity contribution in [2.75, 3.05) is 0 Å². The zero-order chi connectivity index (χ0) is 15.9. The van der Waals surface area contributed by atoms with E-state index < -0.39 is 0 Å². The van der Waals surface area contributed by atoms with E-state index in [0.717, 1.165) is 11.1 Å². The maximum atomic E-state index is 6.01. The largest absolute Gasteiger partial charge is 0.488 e. The molecule has 0 amide bonds. The van der Waals surface area contributed by atoms with E-state index >= 15 is 0 Å². The van der Waals surface area contributed by atoms with Gasteiger partial charge in [-0.2, -0.15) is 5.10 Å². The molecule has 0 radical (unpaired) electrons. The lowest BCUT2D eigenvalue weighted by Gasteiger charge is -2.11. The van der Waals surface area contributed by atoms with Crippen LogP contribution >= 0.6 is 23.8 Å². The van der Waals surface area contributed by atoms with Gasteiger partial charge in [-0.05, 0) is 48.5 Å². The second-order valence-corrected chi connectivity index (χ2v) is 5.51. The minimum absolute atomic E-state index is 0.0978. The molecule has 0 atom stereocenters. The van der Waals surface area contributed by atoms with Crippen LogP contribution in [0.25, 0.3) is 0 Å². The van der Waals surface area contributed by atoms with Crippen LogP contribution in [0.15, 0.2) is 47.6 Å². The van der Waals surface area contributed by atoms with Crippen molar-refractivity contribution in [3.63, 3.8) is 0 Å². The van der Waals surface area contributed by atoms with Gasteiger partial charge >= 0.3 is 0 Å². The molecule has 0 aliphatic rings. The van der Waals surface area contributed by atoms with Gasteiger partial charge in [0, 0.05) is 10.6 Å². The topological polar surface area (TPSA) is 59.6 Å². The number of thiocarbonyl (C=S) groups is 1. The van der Waals surface area contributed by atoms with Gasteiger partial charge in [0.25, 0.3) is 0 Å². The van der Waals surface area contributed by atoms with Crippen molar-refractivity contribution >= 4 is 35.1 Å². The first-order valence-electron chi connectivity index (χ1n) is 6.61. The van der Waals surface area contributed by atoms with Crippen LogP contribution in [-0.4, -0.2) is 11.3 Å². The van der Waals surface area contributed by atoms with Crippen molar-refractivity contribution in [2.24, 2.45) is 10.8 Å². The summed E-state index contributed by atoms with van der Waals surface area (Å²) in [5.41, 5.74) is 10.9. The Morgan fingerprint density at radius 3 is 2.86 bits per heavy atom. The molecule has 0 spiro atoms. The summed E-state index contributed by atoms with van der Waals surface area (Å²) in [7, 11) is 0. The van der Waals surface area contributed by atoms with Crippen LogP contribution in [-0.2, 0) is 6.61 Å². The third-order valence-corrected chi connectivity index (χ3v) is 3.32. The van der Waals surface area contributed by atoms with E-state index in [1.165, 1.54) is 5.56 Å². The molecule has 2 rings (SSSR count). The molecule has 2 aromatic carbocycles. The third-order valence-electron chi connectivity index (χ3n) is 2.99. The average Bonchev–Trinajstić information content (AvgIpc) is 2.47. The van der Waals surface area contributed by atoms with Crippen LogP contribution in [0.4, 0.5) is 0 Å². The summed E-state index contributed by atoms with van der Waals surface area (Å²) >= 11 is 10.7. The zero-order valence-electron chi connectivity index (χ0n) is 12.0. The van der Waals surface area contributed by atoms with Gasteiger partial charge < -0.3 is 10.5 Å². The van der Waals surface area contributed by atoms with Gasteiger partial charge in [0.15, 0.2) is 5.11 Å². The molecular weight excluding hydrogens is 318 g/mol. The van der Waals surface area contributed by atoms with Gasteiger partial charge in [-0.1, -0.05) is 35.9 Å². The van der Waals surface area contributed by atoms with Crippen LogP contribution in [0.3, 0.4) is 0 Å². The van der Waals surface area contributed by atoms with Crippen molar-refractivity contribution in [3.05, 3.63) is 64.2 Å². The lowest BCUT2D eigenvalue weighted by molar-refractivity contribution is 0.305. The summed E-state index contributed by atoms with van der Waals surface area (Å²) < 4.78 is 5.87. The first-order valence-corrected chi connectivity index (χ1v) is 7.40. The SMILES string of the molecule is Cc1ccccc1COc1ccc(Cl)cc1C=NNC(N)=S. The van der Waals surface area contributed by atoms with Gasteiger partial charge in [0.1, 0.15) is 12.4 Å². The van der Waals surface area contributed by atoms with Crippen LogP contribution in [0, 0.1) is 6.92 Å². The summed E-state index contributed by atoms with van der Waals surface area (Å²) in [5.74, 6) is 0.682.